The molecule has 0 unspecified atom stereocenters. The molecule has 1 aliphatic carbocycles. The number of rotatable bonds is 1. The Morgan fingerprint density at radius 1 is 1.00 bits per heavy atom. The van der Waals surface area contributed by atoms with Gasteiger partial charge < -0.3 is 10.0 Å². The predicted molar refractivity (Wildman–Crippen MR) is 57.5 cm³/mol. The van der Waals surface area contributed by atoms with Crippen molar-refractivity contribution in [3.05, 3.63) is 29.3 Å². The second-order valence-electron chi connectivity index (χ2n) is 3.92. The van der Waals surface area contributed by atoms with Crippen LogP contribution in [0.3, 0.4) is 0 Å². The van der Waals surface area contributed by atoms with Crippen molar-refractivity contribution in [2.45, 2.75) is 32.1 Å². The summed E-state index contributed by atoms with van der Waals surface area (Å²) in [6.45, 7) is 0. The van der Waals surface area contributed by atoms with Crippen molar-refractivity contribution in [3.8, 4) is 0 Å². The SMILES string of the molecule is OB(O)c1cccc2c1CCCCC2. The van der Waals surface area contributed by atoms with Gasteiger partial charge in [0, 0.05) is 0 Å². The summed E-state index contributed by atoms with van der Waals surface area (Å²) in [6, 6.07) is 5.83. The van der Waals surface area contributed by atoms with Gasteiger partial charge in [-0.2, -0.15) is 0 Å². The Hall–Kier alpha value is -0.795. The molecule has 3 heteroatoms. The van der Waals surface area contributed by atoms with Crippen molar-refractivity contribution in [3.63, 3.8) is 0 Å². The fraction of sp³-hybridized carbons (Fsp3) is 0.455. The van der Waals surface area contributed by atoms with Gasteiger partial charge in [-0.05, 0) is 42.3 Å². The Bertz CT molecular complexity index is 323. The third kappa shape index (κ3) is 1.84. The summed E-state index contributed by atoms with van der Waals surface area (Å²) in [4.78, 5) is 0. The first kappa shape index (κ1) is 9.75. The topological polar surface area (TPSA) is 40.5 Å². The summed E-state index contributed by atoms with van der Waals surface area (Å²) in [6.07, 6.45) is 5.70. The average molecular weight is 190 g/mol. The second kappa shape index (κ2) is 4.15. The van der Waals surface area contributed by atoms with Crippen molar-refractivity contribution < 1.29 is 10.0 Å². The van der Waals surface area contributed by atoms with E-state index in [9.17, 15) is 10.0 Å². The molecule has 0 aliphatic heterocycles. The zero-order chi connectivity index (χ0) is 9.97. The van der Waals surface area contributed by atoms with Crippen LogP contribution >= 0.6 is 0 Å². The van der Waals surface area contributed by atoms with Gasteiger partial charge in [0.25, 0.3) is 0 Å². The summed E-state index contributed by atoms with van der Waals surface area (Å²) in [7, 11) is -1.32. The van der Waals surface area contributed by atoms with E-state index in [1.807, 2.05) is 12.1 Å². The largest absolute Gasteiger partial charge is 0.488 e. The maximum atomic E-state index is 9.23. The van der Waals surface area contributed by atoms with Crippen molar-refractivity contribution in [2.75, 3.05) is 0 Å². The van der Waals surface area contributed by atoms with Crippen molar-refractivity contribution in [1.29, 1.82) is 0 Å². The first-order valence-electron chi connectivity index (χ1n) is 5.26. The smallest absolute Gasteiger partial charge is 0.423 e. The van der Waals surface area contributed by atoms with Gasteiger partial charge in [-0.1, -0.05) is 24.6 Å². The number of hydrogen-bond acceptors (Lipinski definition) is 2. The van der Waals surface area contributed by atoms with E-state index in [4.69, 9.17) is 0 Å². The molecule has 0 saturated carbocycles. The zero-order valence-electron chi connectivity index (χ0n) is 8.24. The molecule has 0 bridgehead atoms. The van der Waals surface area contributed by atoms with Gasteiger partial charge in [-0.25, -0.2) is 0 Å². The van der Waals surface area contributed by atoms with E-state index in [1.165, 1.54) is 24.0 Å². The standard InChI is InChI=1S/C11H15BO2/c13-12(14)11-8-4-6-9-5-2-1-3-7-10(9)11/h4,6,8,13-14H,1-3,5,7H2. The van der Waals surface area contributed by atoms with Crippen LogP contribution < -0.4 is 5.46 Å². The highest BCUT2D eigenvalue weighted by molar-refractivity contribution is 6.59. The van der Waals surface area contributed by atoms with Crippen LogP contribution in [0.4, 0.5) is 0 Å². The van der Waals surface area contributed by atoms with Crippen LogP contribution in [0.5, 0.6) is 0 Å². The summed E-state index contributed by atoms with van der Waals surface area (Å²) in [5.41, 5.74) is 3.16. The van der Waals surface area contributed by atoms with Crippen LogP contribution in [0, 0.1) is 0 Å². The third-order valence-electron chi connectivity index (χ3n) is 2.96. The van der Waals surface area contributed by atoms with Crippen LogP contribution in [-0.4, -0.2) is 17.2 Å². The van der Waals surface area contributed by atoms with Gasteiger partial charge in [0.1, 0.15) is 0 Å². The molecule has 0 saturated heterocycles. The Balaban J connectivity index is 2.42. The van der Waals surface area contributed by atoms with Gasteiger partial charge in [-0.3, -0.25) is 0 Å². The molecule has 0 spiro atoms. The summed E-state index contributed by atoms with van der Waals surface area (Å²) in [5, 5.41) is 18.5. The molecular formula is C11H15BO2. The lowest BCUT2D eigenvalue weighted by molar-refractivity contribution is 0.425. The lowest BCUT2D eigenvalue weighted by atomic mass is 9.74. The number of benzene rings is 1. The van der Waals surface area contributed by atoms with Gasteiger partial charge in [0.15, 0.2) is 0 Å². The molecule has 14 heavy (non-hydrogen) atoms. The quantitative estimate of drug-likeness (QED) is 0.503. The summed E-state index contributed by atoms with van der Waals surface area (Å²) < 4.78 is 0. The first-order chi connectivity index (χ1) is 6.79. The highest BCUT2D eigenvalue weighted by Crippen LogP contribution is 2.18. The number of aryl methyl sites for hydroxylation is 1. The van der Waals surface area contributed by atoms with Crippen LogP contribution in [0.1, 0.15) is 30.4 Å². The van der Waals surface area contributed by atoms with Crippen LogP contribution in [0.25, 0.3) is 0 Å². The molecule has 1 aromatic carbocycles. The van der Waals surface area contributed by atoms with E-state index in [2.05, 4.69) is 6.07 Å². The van der Waals surface area contributed by atoms with Crippen LogP contribution in [0.2, 0.25) is 0 Å². The second-order valence-corrected chi connectivity index (χ2v) is 3.92. The van der Waals surface area contributed by atoms with Gasteiger partial charge in [-0.15, -0.1) is 0 Å². The molecule has 0 aromatic heterocycles. The van der Waals surface area contributed by atoms with E-state index >= 15 is 0 Å². The van der Waals surface area contributed by atoms with Crippen molar-refractivity contribution in [2.24, 2.45) is 0 Å². The Labute approximate surface area is 84.7 Å². The normalized spacial score (nSPS) is 15.9. The molecule has 2 N–H and O–H groups in total. The maximum Gasteiger partial charge on any atom is 0.488 e. The minimum absolute atomic E-state index is 0.699. The molecule has 0 heterocycles. The van der Waals surface area contributed by atoms with E-state index in [0.717, 1.165) is 19.3 Å². The summed E-state index contributed by atoms with van der Waals surface area (Å²) in [5.74, 6) is 0. The van der Waals surface area contributed by atoms with Crippen molar-refractivity contribution >= 4 is 12.6 Å². The third-order valence-corrected chi connectivity index (χ3v) is 2.96. The van der Waals surface area contributed by atoms with E-state index in [-0.39, 0.29) is 0 Å². The van der Waals surface area contributed by atoms with Crippen LogP contribution in [0.15, 0.2) is 18.2 Å². The number of hydrogen-bond donors (Lipinski definition) is 2. The van der Waals surface area contributed by atoms with E-state index in [0.29, 0.717) is 5.46 Å². The predicted octanol–water partition coefficient (Wildman–Crippen LogP) is 0.635. The van der Waals surface area contributed by atoms with Gasteiger partial charge in [0.05, 0.1) is 0 Å². The molecule has 1 aliphatic rings. The fourth-order valence-corrected chi connectivity index (χ4v) is 2.23. The Morgan fingerprint density at radius 3 is 2.57 bits per heavy atom. The van der Waals surface area contributed by atoms with Crippen LogP contribution in [-0.2, 0) is 12.8 Å². The number of fused-ring (bicyclic) bond motifs is 1. The Morgan fingerprint density at radius 2 is 1.79 bits per heavy atom. The lowest BCUT2D eigenvalue weighted by Gasteiger charge is -2.11. The molecule has 1 aromatic rings. The zero-order valence-corrected chi connectivity index (χ0v) is 8.24. The summed E-state index contributed by atoms with van der Waals surface area (Å²) >= 11 is 0. The lowest BCUT2D eigenvalue weighted by Crippen LogP contribution is -2.33. The first-order valence-corrected chi connectivity index (χ1v) is 5.26. The molecular weight excluding hydrogens is 175 g/mol. The minimum Gasteiger partial charge on any atom is -0.423 e. The maximum absolute atomic E-state index is 9.23. The molecule has 2 nitrogen and oxygen atoms in total. The van der Waals surface area contributed by atoms with Gasteiger partial charge >= 0.3 is 7.12 Å². The molecule has 74 valence electrons. The fourth-order valence-electron chi connectivity index (χ4n) is 2.23. The van der Waals surface area contributed by atoms with Gasteiger partial charge in [0.2, 0.25) is 0 Å². The Kier molecular flexibility index (Phi) is 2.89. The minimum atomic E-state index is -1.32. The molecule has 0 amide bonds. The molecule has 0 radical (unpaired) electrons. The monoisotopic (exact) mass is 190 g/mol. The van der Waals surface area contributed by atoms with Crippen molar-refractivity contribution in [1.82, 2.24) is 0 Å². The highest BCUT2D eigenvalue weighted by Gasteiger charge is 2.19. The van der Waals surface area contributed by atoms with E-state index < -0.39 is 7.12 Å². The molecule has 0 atom stereocenters. The molecule has 2 rings (SSSR count). The molecule has 0 fully saturated rings. The average Bonchev–Trinajstić information content (AvgIpc) is 2.41. The highest BCUT2D eigenvalue weighted by atomic mass is 16.4. The van der Waals surface area contributed by atoms with E-state index in [1.54, 1.807) is 0 Å².